The maximum Gasteiger partial charge on any atom is 0.272 e. The summed E-state index contributed by atoms with van der Waals surface area (Å²) in [6, 6.07) is 21.2. The molecule has 4 aromatic rings. The van der Waals surface area contributed by atoms with Gasteiger partial charge in [0.1, 0.15) is 17.3 Å². The summed E-state index contributed by atoms with van der Waals surface area (Å²) in [5.41, 5.74) is 0.874. The summed E-state index contributed by atoms with van der Waals surface area (Å²) in [7, 11) is 0. The van der Waals surface area contributed by atoms with Crippen molar-refractivity contribution in [3.8, 4) is 11.5 Å². The lowest BCUT2D eigenvalue weighted by Crippen LogP contribution is -2.13. The van der Waals surface area contributed by atoms with E-state index >= 15 is 0 Å². The molecule has 1 unspecified atom stereocenters. The van der Waals surface area contributed by atoms with Crippen LogP contribution in [0.2, 0.25) is 0 Å². The number of hydrogen-bond donors (Lipinski definition) is 2. The van der Waals surface area contributed by atoms with Gasteiger partial charge in [0.15, 0.2) is 5.82 Å². The molecule has 1 atom stereocenters. The van der Waals surface area contributed by atoms with Crippen molar-refractivity contribution >= 4 is 16.6 Å². The Balaban J connectivity index is 1.45. The minimum atomic E-state index is -0.293. The van der Waals surface area contributed by atoms with E-state index in [2.05, 4.69) is 22.4 Å². The summed E-state index contributed by atoms with van der Waals surface area (Å²) in [5, 5.41) is 11.4. The van der Waals surface area contributed by atoms with Gasteiger partial charge in [0.05, 0.1) is 5.39 Å². The van der Waals surface area contributed by atoms with Crippen LogP contribution in [0, 0.1) is 5.82 Å². The van der Waals surface area contributed by atoms with E-state index < -0.39 is 0 Å². The van der Waals surface area contributed by atoms with E-state index in [0.717, 1.165) is 23.1 Å². The molecule has 3 aromatic carbocycles. The number of rotatable bonds is 7. The number of nitrogens with zero attached hydrogens (tertiary/aromatic N) is 1. The van der Waals surface area contributed by atoms with Gasteiger partial charge in [0.2, 0.25) is 0 Å². The zero-order valence-corrected chi connectivity index (χ0v) is 16.6. The van der Waals surface area contributed by atoms with Crippen LogP contribution in [-0.2, 0) is 0 Å². The molecule has 5 nitrogen and oxygen atoms in total. The van der Waals surface area contributed by atoms with Crippen LogP contribution in [0.15, 0.2) is 77.6 Å². The van der Waals surface area contributed by atoms with Gasteiger partial charge in [-0.2, -0.15) is 5.10 Å². The van der Waals surface area contributed by atoms with Gasteiger partial charge >= 0.3 is 0 Å². The highest BCUT2D eigenvalue weighted by atomic mass is 19.1. The fraction of sp³-hybridized carbons (Fsp3) is 0.167. The van der Waals surface area contributed by atoms with Gasteiger partial charge in [-0.1, -0.05) is 43.3 Å². The van der Waals surface area contributed by atoms with Gasteiger partial charge in [-0.3, -0.25) is 4.79 Å². The molecule has 0 amide bonds. The van der Waals surface area contributed by atoms with Crippen LogP contribution in [-0.4, -0.2) is 16.7 Å². The van der Waals surface area contributed by atoms with E-state index in [1.54, 1.807) is 18.2 Å². The normalized spacial score (nSPS) is 11.9. The highest BCUT2D eigenvalue weighted by Gasteiger charge is 2.13. The van der Waals surface area contributed by atoms with Crippen molar-refractivity contribution in [3.63, 3.8) is 0 Å². The van der Waals surface area contributed by atoms with Crippen LogP contribution in [0.3, 0.4) is 0 Å². The van der Waals surface area contributed by atoms with Gasteiger partial charge in [-0.25, -0.2) is 9.49 Å². The van der Waals surface area contributed by atoms with E-state index in [1.807, 2.05) is 42.5 Å². The summed E-state index contributed by atoms with van der Waals surface area (Å²) in [6.07, 6.45) is 0.832. The number of anilines is 1. The number of aromatic amines is 1. The summed E-state index contributed by atoms with van der Waals surface area (Å²) in [4.78, 5) is 11.9. The van der Waals surface area contributed by atoms with Gasteiger partial charge in [-0.15, -0.1) is 0 Å². The molecule has 30 heavy (non-hydrogen) atoms. The quantitative estimate of drug-likeness (QED) is 0.430. The van der Waals surface area contributed by atoms with Crippen LogP contribution in [0.25, 0.3) is 10.8 Å². The molecule has 0 aliphatic carbocycles. The van der Waals surface area contributed by atoms with Crippen molar-refractivity contribution in [2.24, 2.45) is 0 Å². The molecule has 0 fully saturated rings. The number of halogens is 1. The first-order chi connectivity index (χ1) is 14.6. The highest BCUT2D eigenvalue weighted by molar-refractivity contribution is 5.90. The number of para-hydroxylation sites is 1. The minimum Gasteiger partial charge on any atom is -0.457 e. The fourth-order valence-corrected chi connectivity index (χ4v) is 3.42. The van der Waals surface area contributed by atoms with Crippen molar-refractivity contribution in [1.29, 1.82) is 0 Å². The molecule has 6 heteroatoms. The van der Waals surface area contributed by atoms with E-state index in [0.29, 0.717) is 23.5 Å². The standard InChI is InChI=1S/C24H22FN3O2/c1-16(14-15-26-23-20-7-2-3-8-21(20)24(29)28-27-23)19-6-4-5-9-22(19)30-18-12-10-17(25)11-13-18/h2-13,16H,14-15H2,1H3,(H,26,27)(H,28,29). The zero-order chi connectivity index (χ0) is 20.9. The van der Waals surface area contributed by atoms with Crippen LogP contribution >= 0.6 is 0 Å². The molecule has 152 valence electrons. The number of fused-ring (bicyclic) bond motifs is 1. The Morgan fingerprint density at radius 1 is 1.00 bits per heavy atom. The van der Waals surface area contributed by atoms with Crippen LogP contribution in [0.1, 0.15) is 24.8 Å². The molecule has 0 saturated heterocycles. The van der Waals surface area contributed by atoms with E-state index in [1.165, 1.54) is 12.1 Å². The Morgan fingerprint density at radius 3 is 2.50 bits per heavy atom. The van der Waals surface area contributed by atoms with Gasteiger partial charge < -0.3 is 10.1 Å². The van der Waals surface area contributed by atoms with E-state index in [4.69, 9.17) is 4.74 Å². The van der Waals surface area contributed by atoms with Crippen molar-refractivity contribution in [3.05, 3.63) is 94.5 Å². The monoisotopic (exact) mass is 403 g/mol. The summed E-state index contributed by atoms with van der Waals surface area (Å²) >= 11 is 0. The second kappa shape index (κ2) is 8.78. The average molecular weight is 403 g/mol. The first-order valence-electron chi connectivity index (χ1n) is 9.85. The predicted molar refractivity (Wildman–Crippen MR) is 117 cm³/mol. The van der Waals surface area contributed by atoms with Crippen LogP contribution in [0.4, 0.5) is 10.2 Å². The first kappa shape index (κ1) is 19.6. The lowest BCUT2D eigenvalue weighted by atomic mass is 9.97. The number of nitrogens with one attached hydrogen (secondary N) is 2. The number of aromatic nitrogens is 2. The second-order valence-corrected chi connectivity index (χ2v) is 7.16. The largest absolute Gasteiger partial charge is 0.457 e. The summed E-state index contributed by atoms with van der Waals surface area (Å²) in [6.45, 7) is 2.81. The average Bonchev–Trinajstić information content (AvgIpc) is 2.77. The minimum absolute atomic E-state index is 0.198. The Bertz CT molecular complexity index is 1200. The third-order valence-corrected chi connectivity index (χ3v) is 5.06. The molecule has 0 saturated carbocycles. The Kier molecular flexibility index (Phi) is 5.75. The summed E-state index contributed by atoms with van der Waals surface area (Å²) < 4.78 is 19.1. The van der Waals surface area contributed by atoms with E-state index in [9.17, 15) is 9.18 Å². The second-order valence-electron chi connectivity index (χ2n) is 7.16. The van der Waals surface area contributed by atoms with Gasteiger partial charge in [-0.05, 0) is 54.3 Å². The van der Waals surface area contributed by atoms with Crippen molar-refractivity contribution in [1.82, 2.24) is 10.2 Å². The van der Waals surface area contributed by atoms with Gasteiger partial charge in [0.25, 0.3) is 5.56 Å². The van der Waals surface area contributed by atoms with Crippen molar-refractivity contribution in [2.45, 2.75) is 19.3 Å². The molecule has 1 heterocycles. The molecule has 4 rings (SSSR count). The topological polar surface area (TPSA) is 67.0 Å². The zero-order valence-electron chi connectivity index (χ0n) is 16.6. The maximum atomic E-state index is 13.1. The highest BCUT2D eigenvalue weighted by Crippen LogP contribution is 2.32. The molecule has 0 aliphatic heterocycles. The molecular weight excluding hydrogens is 381 g/mol. The molecular formula is C24H22FN3O2. The van der Waals surface area contributed by atoms with Crippen molar-refractivity contribution in [2.75, 3.05) is 11.9 Å². The molecule has 0 spiro atoms. The first-order valence-corrected chi connectivity index (χ1v) is 9.85. The third-order valence-electron chi connectivity index (χ3n) is 5.06. The smallest absolute Gasteiger partial charge is 0.272 e. The van der Waals surface area contributed by atoms with Gasteiger partial charge in [0, 0.05) is 11.9 Å². The lowest BCUT2D eigenvalue weighted by Gasteiger charge is -2.17. The molecule has 0 aliphatic rings. The Morgan fingerprint density at radius 2 is 1.70 bits per heavy atom. The molecule has 0 bridgehead atoms. The van der Waals surface area contributed by atoms with E-state index in [-0.39, 0.29) is 17.3 Å². The predicted octanol–water partition coefficient (Wildman–Crippen LogP) is 5.46. The fourth-order valence-electron chi connectivity index (χ4n) is 3.42. The van der Waals surface area contributed by atoms with Crippen LogP contribution < -0.4 is 15.6 Å². The number of ether oxygens (including phenoxy) is 1. The van der Waals surface area contributed by atoms with Crippen molar-refractivity contribution < 1.29 is 9.13 Å². The van der Waals surface area contributed by atoms with Crippen LogP contribution in [0.5, 0.6) is 11.5 Å². The summed E-state index contributed by atoms with van der Waals surface area (Å²) in [5.74, 6) is 1.93. The lowest BCUT2D eigenvalue weighted by molar-refractivity contribution is 0.468. The Labute approximate surface area is 173 Å². The molecule has 2 N–H and O–H groups in total. The number of benzene rings is 3. The molecule has 1 aromatic heterocycles. The Hall–Kier alpha value is -3.67. The third kappa shape index (κ3) is 4.33. The number of hydrogen-bond acceptors (Lipinski definition) is 4. The number of H-pyrrole nitrogens is 1. The maximum absolute atomic E-state index is 13.1. The molecule has 0 radical (unpaired) electrons. The SMILES string of the molecule is CC(CCNc1n[nH]c(=O)c2ccccc12)c1ccccc1Oc1ccc(F)cc1.